The summed E-state index contributed by atoms with van der Waals surface area (Å²) in [5, 5.41) is 16.9. The Balaban J connectivity index is 2.11. The Morgan fingerprint density at radius 1 is 1.52 bits per heavy atom. The number of benzene rings is 1. The average molecular weight is 291 g/mol. The molecule has 114 valence electrons. The summed E-state index contributed by atoms with van der Waals surface area (Å²) >= 11 is 0. The number of piperidine rings is 1. The molecule has 6 nitrogen and oxygen atoms in total. The molecule has 21 heavy (non-hydrogen) atoms. The second kappa shape index (κ2) is 6.67. The van der Waals surface area contributed by atoms with Crippen LogP contribution in [0.15, 0.2) is 18.2 Å². The summed E-state index contributed by atoms with van der Waals surface area (Å²) in [6.07, 6.45) is 2.91. The maximum Gasteiger partial charge on any atom is 0.293 e. The maximum absolute atomic E-state index is 12.3. The monoisotopic (exact) mass is 291 g/mol. The summed E-state index contributed by atoms with van der Waals surface area (Å²) in [6.45, 7) is 4.72. The molecule has 0 saturated carbocycles. The van der Waals surface area contributed by atoms with Crippen molar-refractivity contribution in [1.29, 1.82) is 0 Å². The summed E-state index contributed by atoms with van der Waals surface area (Å²) in [5.74, 6) is 0.343. The van der Waals surface area contributed by atoms with Crippen LogP contribution in [0, 0.1) is 23.0 Å². The topological polar surface area (TPSA) is 84.3 Å². The van der Waals surface area contributed by atoms with Gasteiger partial charge in [0, 0.05) is 6.07 Å². The van der Waals surface area contributed by atoms with E-state index >= 15 is 0 Å². The quantitative estimate of drug-likeness (QED) is 0.659. The van der Waals surface area contributed by atoms with Crippen molar-refractivity contribution >= 4 is 17.3 Å². The summed E-state index contributed by atoms with van der Waals surface area (Å²) in [6, 6.07) is 4.54. The number of hydrogen-bond acceptors (Lipinski definition) is 4. The number of nitro groups is 1. The van der Waals surface area contributed by atoms with Gasteiger partial charge in [-0.1, -0.05) is 19.4 Å². The highest BCUT2D eigenvalue weighted by molar-refractivity contribution is 5.96. The molecule has 1 aromatic rings. The number of nitrogens with zero attached hydrogens (tertiary/aromatic N) is 1. The molecule has 2 N–H and O–H groups in total. The number of nitro benzene ring substituents is 1. The highest BCUT2D eigenvalue weighted by Gasteiger charge is 2.27. The smallest absolute Gasteiger partial charge is 0.293 e. The first-order valence-corrected chi connectivity index (χ1v) is 7.30. The van der Waals surface area contributed by atoms with Gasteiger partial charge in [0.2, 0.25) is 5.91 Å². The third-order valence-corrected chi connectivity index (χ3v) is 4.01. The molecule has 1 heterocycles. The molecule has 0 aromatic heterocycles. The van der Waals surface area contributed by atoms with E-state index in [2.05, 4.69) is 17.6 Å². The van der Waals surface area contributed by atoms with Crippen molar-refractivity contribution in [1.82, 2.24) is 5.32 Å². The minimum absolute atomic E-state index is 0.0637. The lowest BCUT2D eigenvalue weighted by atomic mass is 9.90. The molecule has 1 aromatic carbocycles. The molecule has 0 aliphatic carbocycles. The maximum atomic E-state index is 12.3. The Morgan fingerprint density at radius 2 is 2.29 bits per heavy atom. The van der Waals surface area contributed by atoms with E-state index in [4.69, 9.17) is 0 Å². The molecule has 2 atom stereocenters. The summed E-state index contributed by atoms with van der Waals surface area (Å²) in [5.41, 5.74) is 0.990. The average Bonchev–Trinajstić information content (AvgIpc) is 2.48. The van der Waals surface area contributed by atoms with Crippen LogP contribution in [0.4, 0.5) is 11.4 Å². The predicted molar refractivity (Wildman–Crippen MR) is 81.3 cm³/mol. The van der Waals surface area contributed by atoms with E-state index in [1.807, 2.05) is 0 Å². The number of anilines is 1. The van der Waals surface area contributed by atoms with Crippen LogP contribution in [-0.2, 0) is 4.79 Å². The molecule has 0 bridgehead atoms. The fourth-order valence-electron chi connectivity index (χ4n) is 2.69. The highest BCUT2D eigenvalue weighted by atomic mass is 16.6. The van der Waals surface area contributed by atoms with Crippen LogP contribution in [-0.4, -0.2) is 23.4 Å². The Kier molecular flexibility index (Phi) is 4.90. The summed E-state index contributed by atoms with van der Waals surface area (Å²) < 4.78 is 0. The first kappa shape index (κ1) is 15.4. The van der Waals surface area contributed by atoms with Crippen LogP contribution in [0.5, 0.6) is 0 Å². The Hall–Kier alpha value is -1.95. The molecular weight excluding hydrogens is 270 g/mol. The molecule has 1 aliphatic heterocycles. The second-order valence-corrected chi connectivity index (χ2v) is 5.57. The van der Waals surface area contributed by atoms with Gasteiger partial charge in [0.05, 0.1) is 11.0 Å². The van der Waals surface area contributed by atoms with Crippen LogP contribution >= 0.6 is 0 Å². The fraction of sp³-hybridized carbons (Fsp3) is 0.533. The molecule has 1 saturated heterocycles. The SMILES string of the molecule is CCC1CCNC(C(=O)Nc2ccc(C)cc2[N+](=O)[O-])C1. The van der Waals surface area contributed by atoms with E-state index in [-0.39, 0.29) is 23.3 Å². The number of nitrogens with one attached hydrogen (secondary N) is 2. The number of aryl methyl sites for hydroxylation is 1. The highest BCUT2D eigenvalue weighted by Crippen LogP contribution is 2.26. The second-order valence-electron chi connectivity index (χ2n) is 5.57. The predicted octanol–water partition coefficient (Wildman–Crippen LogP) is 2.62. The summed E-state index contributed by atoms with van der Waals surface area (Å²) in [4.78, 5) is 22.9. The van der Waals surface area contributed by atoms with Crippen molar-refractivity contribution < 1.29 is 9.72 Å². The van der Waals surface area contributed by atoms with E-state index in [0.717, 1.165) is 31.4 Å². The Morgan fingerprint density at radius 3 is 2.95 bits per heavy atom. The molecule has 2 rings (SSSR count). The van der Waals surface area contributed by atoms with Gasteiger partial charge in [0.15, 0.2) is 0 Å². The third-order valence-electron chi connectivity index (χ3n) is 4.01. The van der Waals surface area contributed by atoms with Gasteiger partial charge in [-0.15, -0.1) is 0 Å². The molecule has 1 amide bonds. The first-order chi connectivity index (χ1) is 10.0. The van der Waals surface area contributed by atoms with Crippen molar-refractivity contribution in [2.75, 3.05) is 11.9 Å². The van der Waals surface area contributed by atoms with Crippen LogP contribution in [0.1, 0.15) is 31.7 Å². The van der Waals surface area contributed by atoms with E-state index in [0.29, 0.717) is 5.92 Å². The Bertz CT molecular complexity index is 545. The van der Waals surface area contributed by atoms with Crippen molar-refractivity contribution in [3.63, 3.8) is 0 Å². The van der Waals surface area contributed by atoms with Gasteiger partial charge in [0.1, 0.15) is 5.69 Å². The normalized spacial score (nSPS) is 21.8. The summed E-state index contributed by atoms with van der Waals surface area (Å²) in [7, 11) is 0. The van der Waals surface area contributed by atoms with Crippen molar-refractivity contribution in [2.24, 2.45) is 5.92 Å². The molecular formula is C15H21N3O3. The fourth-order valence-corrected chi connectivity index (χ4v) is 2.69. The lowest BCUT2D eigenvalue weighted by Gasteiger charge is -2.28. The number of amides is 1. The number of carbonyl (C=O) groups excluding carboxylic acids is 1. The zero-order valence-electron chi connectivity index (χ0n) is 12.4. The molecule has 1 fully saturated rings. The zero-order valence-corrected chi connectivity index (χ0v) is 12.4. The van der Waals surface area contributed by atoms with Crippen molar-refractivity contribution in [2.45, 2.75) is 39.2 Å². The Labute approximate surface area is 124 Å². The van der Waals surface area contributed by atoms with Crippen LogP contribution in [0.25, 0.3) is 0 Å². The van der Waals surface area contributed by atoms with Gasteiger partial charge in [-0.05, 0) is 43.9 Å². The number of rotatable bonds is 4. The van der Waals surface area contributed by atoms with Crippen LogP contribution in [0.2, 0.25) is 0 Å². The van der Waals surface area contributed by atoms with Crippen LogP contribution < -0.4 is 10.6 Å². The van der Waals surface area contributed by atoms with E-state index < -0.39 is 4.92 Å². The molecule has 6 heteroatoms. The van der Waals surface area contributed by atoms with Gasteiger partial charge in [-0.3, -0.25) is 14.9 Å². The van der Waals surface area contributed by atoms with E-state index in [1.54, 1.807) is 19.1 Å². The van der Waals surface area contributed by atoms with E-state index in [1.165, 1.54) is 6.07 Å². The number of carbonyl (C=O) groups is 1. The molecule has 1 aliphatic rings. The minimum atomic E-state index is -0.467. The third kappa shape index (κ3) is 3.78. The first-order valence-electron chi connectivity index (χ1n) is 7.30. The number of hydrogen-bond donors (Lipinski definition) is 2. The lowest BCUT2D eigenvalue weighted by molar-refractivity contribution is -0.384. The largest absolute Gasteiger partial charge is 0.319 e. The molecule has 0 radical (unpaired) electrons. The lowest BCUT2D eigenvalue weighted by Crippen LogP contribution is -2.46. The van der Waals surface area contributed by atoms with Crippen molar-refractivity contribution in [3.8, 4) is 0 Å². The van der Waals surface area contributed by atoms with Gasteiger partial charge in [-0.25, -0.2) is 0 Å². The van der Waals surface area contributed by atoms with Gasteiger partial charge in [0.25, 0.3) is 5.69 Å². The minimum Gasteiger partial charge on any atom is -0.319 e. The standard InChI is InChI=1S/C15H21N3O3/c1-3-11-6-7-16-13(9-11)15(19)17-12-5-4-10(2)8-14(12)18(20)21/h4-5,8,11,13,16H,3,6-7,9H2,1-2H3,(H,17,19). The van der Waals surface area contributed by atoms with Gasteiger partial charge in [-0.2, -0.15) is 0 Å². The van der Waals surface area contributed by atoms with Gasteiger partial charge >= 0.3 is 0 Å². The molecule has 2 unspecified atom stereocenters. The van der Waals surface area contributed by atoms with E-state index in [9.17, 15) is 14.9 Å². The molecule has 0 spiro atoms. The van der Waals surface area contributed by atoms with Gasteiger partial charge < -0.3 is 10.6 Å². The van der Waals surface area contributed by atoms with Crippen molar-refractivity contribution in [3.05, 3.63) is 33.9 Å². The van der Waals surface area contributed by atoms with Crippen LogP contribution in [0.3, 0.4) is 0 Å². The zero-order chi connectivity index (χ0) is 15.4.